The van der Waals surface area contributed by atoms with Gasteiger partial charge in [0.05, 0.1) is 4.90 Å². The third kappa shape index (κ3) is 1.84. The molecule has 0 bridgehead atoms. The van der Waals surface area contributed by atoms with Crippen LogP contribution in [0.4, 0.5) is 0 Å². The Hall–Kier alpha value is -0.870. The van der Waals surface area contributed by atoms with Crippen molar-refractivity contribution in [3.05, 3.63) is 29.8 Å². The molecule has 0 fully saturated rings. The third-order valence-corrected chi connectivity index (χ3v) is 2.63. The van der Waals surface area contributed by atoms with Crippen LogP contribution in [0.15, 0.2) is 29.2 Å². The first-order chi connectivity index (χ1) is 6.71. The highest BCUT2D eigenvalue weighted by Crippen LogP contribution is 2.08. The molecule has 1 N–H and O–H groups in total. The Kier molecular flexibility index (Phi) is 1.55. The molecule has 1 rings (SSSR count). The van der Waals surface area contributed by atoms with Gasteiger partial charge in [0, 0.05) is 4.11 Å². The molecule has 0 saturated carbocycles. The van der Waals surface area contributed by atoms with E-state index in [1.165, 1.54) is 12.1 Å². The van der Waals surface area contributed by atoms with Crippen LogP contribution in [0.25, 0.3) is 0 Å². The minimum Gasteiger partial charge on any atom is -0.214 e. The first-order valence-electron chi connectivity index (χ1n) is 4.81. The Balaban J connectivity index is 3.02. The lowest BCUT2D eigenvalue weighted by molar-refractivity contribution is 0.588. The van der Waals surface area contributed by atoms with Gasteiger partial charge in [-0.3, -0.25) is 0 Å². The predicted octanol–water partition coefficient (Wildman–Crippen LogP) is 0.903. The highest BCUT2D eigenvalue weighted by molar-refractivity contribution is 7.89. The van der Waals surface area contributed by atoms with Crippen molar-refractivity contribution in [2.24, 2.45) is 0 Å². The van der Waals surface area contributed by atoms with Crippen LogP contribution in [-0.4, -0.2) is 15.4 Å². The van der Waals surface area contributed by atoms with E-state index in [1.54, 1.807) is 16.9 Å². The number of sulfonamides is 1. The second-order valence-corrected chi connectivity index (χ2v) is 4.10. The molecule has 1 aromatic rings. The van der Waals surface area contributed by atoms with Crippen LogP contribution >= 0.6 is 0 Å². The van der Waals surface area contributed by atoms with Gasteiger partial charge < -0.3 is 0 Å². The summed E-state index contributed by atoms with van der Waals surface area (Å²) in [5, 5.41) is 0. The standard InChI is InChI=1S/C8H11NO2S/c1-7-3-5-8(6-4-7)12(10,11)9-2/h3-6,9H,1-2H3/i2+1D3. The summed E-state index contributed by atoms with van der Waals surface area (Å²) >= 11 is 0. The fraction of sp³-hybridized carbons (Fsp3) is 0.250. The number of aryl methyl sites for hydroxylation is 1. The summed E-state index contributed by atoms with van der Waals surface area (Å²) in [6, 6.07) is 5.94. The van der Waals surface area contributed by atoms with Gasteiger partial charge in [0.1, 0.15) is 0 Å². The summed E-state index contributed by atoms with van der Waals surface area (Å²) in [6.07, 6.45) is 0. The lowest BCUT2D eigenvalue weighted by Crippen LogP contribution is -2.18. The average Bonchev–Trinajstić information content (AvgIpc) is 2.00. The molecule has 0 aliphatic carbocycles. The Morgan fingerprint density at radius 1 is 1.33 bits per heavy atom. The number of nitrogens with one attached hydrogen (secondary N) is 1. The van der Waals surface area contributed by atoms with Gasteiger partial charge >= 0.3 is 0 Å². The van der Waals surface area contributed by atoms with Crippen LogP contribution in [0.2, 0.25) is 0 Å². The maximum absolute atomic E-state index is 11.5. The highest BCUT2D eigenvalue weighted by Gasteiger charge is 2.09. The summed E-state index contributed by atoms with van der Waals surface area (Å²) in [7, 11) is -3.95. The summed E-state index contributed by atoms with van der Waals surface area (Å²) in [5.74, 6) is 0. The SMILES string of the molecule is [2H][13C]([2H])([2H])NS(=O)(=O)c1ccc(C)cc1. The van der Waals surface area contributed by atoms with Gasteiger partial charge in [-0.05, 0) is 26.0 Å². The van der Waals surface area contributed by atoms with Crippen molar-refractivity contribution >= 4 is 10.0 Å². The molecule has 0 heterocycles. The van der Waals surface area contributed by atoms with Crippen LogP contribution < -0.4 is 4.72 Å². The second-order valence-electron chi connectivity index (χ2n) is 2.42. The van der Waals surface area contributed by atoms with E-state index in [2.05, 4.69) is 0 Å². The average molecular weight is 189 g/mol. The number of rotatable bonds is 2. The van der Waals surface area contributed by atoms with Crippen molar-refractivity contribution in [1.29, 1.82) is 0 Å². The zero-order valence-corrected chi connectivity index (χ0v) is 7.35. The van der Waals surface area contributed by atoms with E-state index < -0.39 is 17.0 Å². The van der Waals surface area contributed by atoms with E-state index in [9.17, 15) is 8.42 Å². The molecule has 66 valence electrons. The van der Waals surface area contributed by atoms with Crippen LogP contribution in [-0.2, 0) is 10.0 Å². The molecule has 0 radical (unpaired) electrons. The lowest BCUT2D eigenvalue weighted by atomic mass is 10.2. The minimum atomic E-state index is -3.95. The first kappa shape index (κ1) is 5.72. The van der Waals surface area contributed by atoms with E-state index in [0.29, 0.717) is 0 Å². The first-order valence-corrected chi connectivity index (χ1v) is 4.80. The van der Waals surface area contributed by atoms with E-state index in [0.717, 1.165) is 5.56 Å². The number of benzene rings is 1. The number of hydrogen-bond acceptors (Lipinski definition) is 2. The zero-order valence-electron chi connectivity index (χ0n) is 9.53. The Morgan fingerprint density at radius 2 is 1.92 bits per heavy atom. The predicted molar refractivity (Wildman–Crippen MR) is 47.4 cm³/mol. The normalized spacial score (nSPS) is 16.2. The van der Waals surface area contributed by atoms with Gasteiger partial charge in [-0.25, -0.2) is 13.1 Å². The molecule has 0 spiro atoms. The van der Waals surface area contributed by atoms with Gasteiger partial charge in [0.15, 0.2) is 0 Å². The molecule has 0 amide bonds. The van der Waals surface area contributed by atoms with Crippen LogP contribution in [0.1, 0.15) is 9.68 Å². The summed E-state index contributed by atoms with van der Waals surface area (Å²) in [6.45, 7) is -0.892. The molecule has 12 heavy (non-hydrogen) atoms. The minimum absolute atomic E-state index is 0.0516. The summed E-state index contributed by atoms with van der Waals surface area (Å²) < 4.78 is 45.0. The molecule has 3 nitrogen and oxygen atoms in total. The molecule has 0 aromatic heterocycles. The largest absolute Gasteiger partial charge is 0.240 e. The molecule has 4 heteroatoms. The van der Waals surface area contributed by atoms with Crippen molar-refractivity contribution in [2.45, 2.75) is 11.8 Å². The fourth-order valence-corrected chi connectivity index (χ4v) is 1.39. The number of hydrogen-bond donors (Lipinski definition) is 1. The van der Waals surface area contributed by atoms with E-state index in [-0.39, 0.29) is 4.90 Å². The molecule has 0 saturated heterocycles. The summed E-state index contributed by atoms with van der Waals surface area (Å²) in [4.78, 5) is -0.0516. The van der Waals surface area contributed by atoms with Gasteiger partial charge in [0.2, 0.25) is 10.0 Å². The van der Waals surface area contributed by atoms with Crippen LogP contribution in [0.5, 0.6) is 0 Å². The topological polar surface area (TPSA) is 46.2 Å². The smallest absolute Gasteiger partial charge is 0.214 e. The van der Waals surface area contributed by atoms with Crippen molar-refractivity contribution in [1.82, 2.24) is 4.72 Å². The van der Waals surface area contributed by atoms with Gasteiger partial charge in [0.25, 0.3) is 0 Å². The maximum Gasteiger partial charge on any atom is 0.240 e. The molecule has 0 aliphatic heterocycles. The molecule has 0 atom stereocenters. The van der Waals surface area contributed by atoms with Crippen LogP contribution in [0, 0.1) is 6.92 Å². The zero-order chi connectivity index (χ0) is 11.7. The highest BCUT2D eigenvalue weighted by atomic mass is 32.2. The van der Waals surface area contributed by atoms with Crippen LogP contribution in [0.3, 0.4) is 0 Å². The molecular weight excluding hydrogens is 175 g/mol. The second kappa shape index (κ2) is 3.25. The third-order valence-electron chi connectivity index (χ3n) is 1.47. The van der Waals surface area contributed by atoms with Gasteiger partial charge in [-0.2, -0.15) is 0 Å². The molecule has 1 aromatic carbocycles. The maximum atomic E-state index is 11.5. The van der Waals surface area contributed by atoms with E-state index in [1.807, 2.05) is 6.92 Å². The Labute approximate surface area is 76.7 Å². The van der Waals surface area contributed by atoms with Gasteiger partial charge in [-0.15, -0.1) is 0 Å². The van der Waals surface area contributed by atoms with E-state index in [4.69, 9.17) is 4.11 Å². The van der Waals surface area contributed by atoms with Crippen molar-refractivity contribution in [3.63, 3.8) is 0 Å². The quantitative estimate of drug-likeness (QED) is 0.703. The van der Waals surface area contributed by atoms with Crippen molar-refractivity contribution in [2.75, 3.05) is 6.98 Å². The Morgan fingerprint density at radius 3 is 2.42 bits per heavy atom. The van der Waals surface area contributed by atoms with Gasteiger partial charge in [-0.1, -0.05) is 17.7 Å². The monoisotopic (exact) mass is 189 g/mol. The van der Waals surface area contributed by atoms with Crippen molar-refractivity contribution in [3.8, 4) is 0 Å². The molecular formula is C8H11NO2S. The van der Waals surface area contributed by atoms with Crippen molar-refractivity contribution < 1.29 is 12.5 Å². The lowest BCUT2D eigenvalue weighted by Gasteiger charge is -2.01. The molecule has 0 unspecified atom stereocenters. The fourth-order valence-electron chi connectivity index (χ4n) is 0.776. The summed E-state index contributed by atoms with van der Waals surface area (Å²) in [5.41, 5.74) is 0.905. The molecule has 0 aliphatic rings. The Bertz CT molecular complexity index is 436. The van der Waals surface area contributed by atoms with E-state index >= 15 is 0 Å².